The fourth-order valence-corrected chi connectivity index (χ4v) is 3.73. The zero-order valence-corrected chi connectivity index (χ0v) is 21.3. The number of nitrogens with two attached hydrogens (primary N) is 2. The molecule has 0 bridgehead atoms. The number of phenolic OH excluding ortho intramolecular Hbond substituents is 2. The Morgan fingerprint density at radius 2 is 1.02 bits per heavy atom. The highest BCUT2D eigenvalue weighted by atomic mass is 16.5. The number of rotatable bonds is 4. The summed E-state index contributed by atoms with van der Waals surface area (Å²) in [6.07, 6.45) is 0. The second-order valence-electron chi connectivity index (χ2n) is 8.72. The van der Waals surface area contributed by atoms with Gasteiger partial charge in [-0.05, 0) is 54.6 Å². The second-order valence-corrected chi connectivity index (χ2v) is 8.72. The number of aromatic hydroxyl groups is 2. The van der Waals surface area contributed by atoms with Gasteiger partial charge in [-0.15, -0.1) is 0 Å². The molecule has 0 aliphatic rings. The lowest BCUT2D eigenvalue weighted by molar-refractivity contribution is 0.452. The number of ether oxygens (including phenoxy) is 2. The van der Waals surface area contributed by atoms with Crippen molar-refractivity contribution in [3.63, 3.8) is 0 Å². The first-order chi connectivity index (χ1) is 19.4. The van der Waals surface area contributed by atoms with Gasteiger partial charge in [-0.25, -0.2) is 0 Å². The van der Waals surface area contributed by atoms with Gasteiger partial charge in [-0.3, -0.25) is 0 Å². The highest BCUT2D eigenvalue weighted by Crippen LogP contribution is 2.36. The van der Waals surface area contributed by atoms with Crippen molar-refractivity contribution in [3.8, 4) is 58.2 Å². The Morgan fingerprint density at radius 1 is 0.500 bits per heavy atom. The van der Waals surface area contributed by atoms with Crippen molar-refractivity contribution in [2.75, 3.05) is 11.5 Å². The van der Waals surface area contributed by atoms with Gasteiger partial charge < -0.3 is 31.2 Å². The number of benzene rings is 5. The highest BCUT2D eigenvalue weighted by molar-refractivity contribution is 5.65. The SMILES string of the molecule is Nc1cc(Oc2cc(C#Cc3ccccc3)c(C#Cc3ccccc3)c(Oc3ccc(O)c(N)c3)c2)ccc1O. The molecule has 0 aliphatic carbocycles. The zero-order valence-electron chi connectivity index (χ0n) is 21.3. The molecule has 0 heterocycles. The van der Waals surface area contributed by atoms with Gasteiger partial charge in [0.1, 0.15) is 34.5 Å². The van der Waals surface area contributed by atoms with Crippen molar-refractivity contribution >= 4 is 11.4 Å². The first kappa shape index (κ1) is 25.7. The van der Waals surface area contributed by atoms with E-state index < -0.39 is 0 Å². The number of anilines is 2. The molecule has 0 spiro atoms. The van der Waals surface area contributed by atoms with Crippen LogP contribution < -0.4 is 20.9 Å². The number of phenols is 2. The second kappa shape index (κ2) is 11.6. The van der Waals surface area contributed by atoms with Crippen molar-refractivity contribution < 1.29 is 19.7 Å². The number of hydrogen-bond acceptors (Lipinski definition) is 6. The molecule has 0 fully saturated rings. The fraction of sp³-hybridized carbons (Fsp3) is 0. The van der Waals surface area contributed by atoms with Crippen molar-refractivity contribution in [1.82, 2.24) is 0 Å². The van der Waals surface area contributed by atoms with E-state index in [1.807, 2.05) is 60.7 Å². The minimum absolute atomic E-state index is 0.0396. The fourth-order valence-electron chi connectivity index (χ4n) is 3.73. The number of hydrogen-bond donors (Lipinski definition) is 4. The maximum absolute atomic E-state index is 9.88. The van der Waals surface area contributed by atoms with Gasteiger partial charge in [0.2, 0.25) is 0 Å². The summed E-state index contributed by atoms with van der Waals surface area (Å²) in [5.74, 6) is 14.3. The van der Waals surface area contributed by atoms with Crippen LogP contribution in [-0.4, -0.2) is 10.2 Å². The molecule has 6 heteroatoms. The molecular weight excluding hydrogens is 500 g/mol. The summed E-state index contributed by atoms with van der Waals surface area (Å²) in [5.41, 5.74) is 14.9. The maximum Gasteiger partial charge on any atom is 0.148 e. The molecule has 5 aromatic carbocycles. The smallest absolute Gasteiger partial charge is 0.148 e. The van der Waals surface area contributed by atoms with E-state index >= 15 is 0 Å². The van der Waals surface area contributed by atoms with Gasteiger partial charge in [-0.1, -0.05) is 60.1 Å². The predicted molar refractivity (Wildman–Crippen MR) is 156 cm³/mol. The molecule has 40 heavy (non-hydrogen) atoms. The largest absolute Gasteiger partial charge is 0.506 e. The van der Waals surface area contributed by atoms with E-state index in [1.54, 1.807) is 24.3 Å². The van der Waals surface area contributed by atoms with Crippen molar-refractivity contribution in [3.05, 3.63) is 131 Å². The molecule has 5 aromatic rings. The summed E-state index contributed by atoms with van der Waals surface area (Å²) in [6.45, 7) is 0. The van der Waals surface area contributed by atoms with Crippen LogP contribution in [0.25, 0.3) is 0 Å². The maximum atomic E-state index is 9.88. The van der Waals surface area contributed by atoms with E-state index in [0.29, 0.717) is 34.1 Å². The van der Waals surface area contributed by atoms with E-state index in [-0.39, 0.29) is 22.9 Å². The highest BCUT2D eigenvalue weighted by Gasteiger charge is 2.14. The van der Waals surface area contributed by atoms with E-state index in [1.165, 1.54) is 24.3 Å². The van der Waals surface area contributed by atoms with Gasteiger partial charge in [0.15, 0.2) is 0 Å². The third-order valence-corrected chi connectivity index (χ3v) is 5.76. The molecule has 0 atom stereocenters. The summed E-state index contributed by atoms with van der Waals surface area (Å²) >= 11 is 0. The summed E-state index contributed by atoms with van der Waals surface area (Å²) in [7, 11) is 0. The quantitative estimate of drug-likeness (QED) is 0.119. The lowest BCUT2D eigenvalue weighted by atomic mass is 10.0. The van der Waals surface area contributed by atoms with E-state index in [2.05, 4.69) is 23.7 Å². The monoisotopic (exact) mass is 524 g/mol. The molecule has 0 unspecified atom stereocenters. The molecule has 0 saturated heterocycles. The molecule has 194 valence electrons. The third kappa shape index (κ3) is 6.28. The van der Waals surface area contributed by atoms with E-state index in [0.717, 1.165) is 11.1 Å². The molecule has 0 aromatic heterocycles. The van der Waals surface area contributed by atoms with Crippen LogP contribution in [0.1, 0.15) is 22.3 Å². The normalized spacial score (nSPS) is 10.0. The predicted octanol–water partition coefficient (Wildman–Crippen LogP) is 6.65. The van der Waals surface area contributed by atoms with E-state index in [9.17, 15) is 10.2 Å². The lowest BCUT2D eigenvalue weighted by Gasteiger charge is -2.14. The van der Waals surface area contributed by atoms with Crippen LogP contribution in [0.4, 0.5) is 11.4 Å². The first-order valence-corrected chi connectivity index (χ1v) is 12.3. The Bertz CT molecular complexity index is 1800. The molecule has 0 radical (unpaired) electrons. The minimum atomic E-state index is -0.0483. The van der Waals surface area contributed by atoms with Gasteiger partial charge >= 0.3 is 0 Å². The van der Waals surface area contributed by atoms with Crippen LogP contribution >= 0.6 is 0 Å². The van der Waals surface area contributed by atoms with Gasteiger partial charge in [0.05, 0.1) is 16.9 Å². The number of nitrogen functional groups attached to an aromatic ring is 2. The molecule has 0 aliphatic heterocycles. The van der Waals surface area contributed by atoms with Crippen LogP contribution in [-0.2, 0) is 0 Å². The van der Waals surface area contributed by atoms with Gasteiger partial charge in [0.25, 0.3) is 0 Å². The van der Waals surface area contributed by atoms with E-state index in [4.69, 9.17) is 20.9 Å². The summed E-state index contributed by atoms with van der Waals surface area (Å²) < 4.78 is 12.3. The third-order valence-electron chi connectivity index (χ3n) is 5.76. The molecule has 6 nitrogen and oxygen atoms in total. The van der Waals surface area contributed by atoms with Crippen molar-refractivity contribution in [1.29, 1.82) is 0 Å². The topological polar surface area (TPSA) is 111 Å². The summed E-state index contributed by atoms with van der Waals surface area (Å²) in [4.78, 5) is 0. The van der Waals surface area contributed by atoms with Crippen LogP contribution in [0.5, 0.6) is 34.5 Å². The van der Waals surface area contributed by atoms with Crippen molar-refractivity contribution in [2.24, 2.45) is 0 Å². The summed E-state index contributed by atoms with van der Waals surface area (Å²) in [5, 5.41) is 19.7. The molecule has 5 rings (SSSR count). The molecule has 0 amide bonds. The Kier molecular flexibility index (Phi) is 7.44. The van der Waals surface area contributed by atoms with Crippen molar-refractivity contribution in [2.45, 2.75) is 0 Å². The zero-order chi connectivity index (χ0) is 27.9. The molecular formula is C34H24N2O4. The lowest BCUT2D eigenvalue weighted by Crippen LogP contribution is -1.96. The Labute approximate surface area is 232 Å². The van der Waals surface area contributed by atoms with Gasteiger partial charge in [0, 0.05) is 34.9 Å². The van der Waals surface area contributed by atoms with Crippen LogP contribution in [0.3, 0.4) is 0 Å². The Hall–Kier alpha value is -5.98. The average Bonchev–Trinajstić information content (AvgIpc) is 2.96. The standard InChI is InChI=1S/C34H24N2O4/c35-30-20-26(14-17-32(30)37)39-28-19-25(13-11-23-7-3-1-4-8-23)29(16-12-24-9-5-2-6-10-24)34(22-28)40-27-15-18-33(38)31(36)21-27/h1-10,14-15,17-22,37-38H,35-36H2. The molecule has 0 saturated carbocycles. The van der Waals surface area contributed by atoms with Crippen LogP contribution in [0, 0.1) is 23.7 Å². The first-order valence-electron chi connectivity index (χ1n) is 12.3. The average molecular weight is 525 g/mol. The minimum Gasteiger partial charge on any atom is -0.506 e. The van der Waals surface area contributed by atoms with Crippen LogP contribution in [0.15, 0.2) is 109 Å². The van der Waals surface area contributed by atoms with Crippen LogP contribution in [0.2, 0.25) is 0 Å². The van der Waals surface area contributed by atoms with Gasteiger partial charge in [-0.2, -0.15) is 0 Å². The Balaban J connectivity index is 1.67. The summed E-state index contributed by atoms with van der Waals surface area (Å²) in [6, 6.07) is 31.8. The Morgan fingerprint density at radius 3 is 1.57 bits per heavy atom. The molecule has 6 N–H and O–H groups in total.